The number of rotatable bonds is 8. The van der Waals surface area contributed by atoms with Crippen LogP contribution < -0.4 is 14.9 Å². The van der Waals surface area contributed by atoms with Gasteiger partial charge in [0.2, 0.25) is 15.9 Å². The van der Waals surface area contributed by atoms with Crippen molar-refractivity contribution in [2.45, 2.75) is 43.3 Å². The second-order valence-electron chi connectivity index (χ2n) is 7.96. The fraction of sp³-hybridized carbons (Fsp3) is 0.409. The van der Waals surface area contributed by atoms with E-state index in [0.29, 0.717) is 37.3 Å². The van der Waals surface area contributed by atoms with Gasteiger partial charge in [-0.25, -0.2) is 18.1 Å². The summed E-state index contributed by atoms with van der Waals surface area (Å²) in [5.41, 5.74) is -0.402. The highest BCUT2D eigenvalue weighted by atomic mass is 32.2. The van der Waals surface area contributed by atoms with Crippen LogP contribution in [0.15, 0.2) is 47.5 Å². The summed E-state index contributed by atoms with van der Waals surface area (Å²) in [5.74, 6) is -0.0284. The molecule has 2 heterocycles. The number of amides is 1. The van der Waals surface area contributed by atoms with Gasteiger partial charge in [0.25, 0.3) is 0 Å². The molecule has 1 fully saturated rings. The first kappa shape index (κ1) is 25.6. The van der Waals surface area contributed by atoms with E-state index in [1.54, 1.807) is 0 Å². The van der Waals surface area contributed by atoms with E-state index in [4.69, 9.17) is 0 Å². The summed E-state index contributed by atoms with van der Waals surface area (Å²) in [7, 11) is -3.81. The molecule has 1 amide bonds. The number of alkyl halides is 3. The maximum absolute atomic E-state index is 12.7. The molecule has 3 rings (SSSR count). The number of hydrogen-bond donors (Lipinski definition) is 2. The number of benzene rings is 1. The summed E-state index contributed by atoms with van der Waals surface area (Å²) in [4.78, 5) is 29.3. The molecule has 1 aliphatic rings. The normalized spacial score (nSPS) is 15.2. The molecule has 1 saturated heterocycles. The van der Waals surface area contributed by atoms with E-state index in [0.717, 1.165) is 12.3 Å². The van der Waals surface area contributed by atoms with Crippen LogP contribution in [0.1, 0.15) is 42.1 Å². The second-order valence-corrected chi connectivity index (χ2v) is 9.73. The summed E-state index contributed by atoms with van der Waals surface area (Å²) in [6.45, 7) is 2.34. The Morgan fingerprint density at radius 1 is 1.09 bits per heavy atom. The molecule has 0 spiro atoms. The molecule has 34 heavy (non-hydrogen) atoms. The summed E-state index contributed by atoms with van der Waals surface area (Å²) in [6.07, 6.45) is -2.50. The Morgan fingerprint density at radius 2 is 1.74 bits per heavy atom. The number of ketones is 1. The third-order valence-corrected chi connectivity index (χ3v) is 6.95. The van der Waals surface area contributed by atoms with Crippen LogP contribution >= 0.6 is 0 Å². The van der Waals surface area contributed by atoms with Crippen molar-refractivity contribution in [1.29, 1.82) is 0 Å². The van der Waals surface area contributed by atoms with Crippen molar-refractivity contribution in [3.05, 3.63) is 53.7 Å². The summed E-state index contributed by atoms with van der Waals surface area (Å²) < 4.78 is 65.0. The standard InChI is InChI=1S/C22H25F3N4O4S/c1-15(30)16-2-5-19(6-3-16)34(32,33)27-11-8-21(31)28-18-9-12-29(13-10-18)20-7-4-17(14-26-20)22(23,24)25/h2-7,14,18,27H,8-13H2,1H3,(H,28,31). The van der Waals surface area contributed by atoms with Crippen molar-refractivity contribution in [3.8, 4) is 0 Å². The maximum Gasteiger partial charge on any atom is 0.417 e. The lowest BCUT2D eigenvalue weighted by atomic mass is 10.0. The molecule has 8 nitrogen and oxygen atoms in total. The Morgan fingerprint density at radius 3 is 2.26 bits per heavy atom. The van der Waals surface area contributed by atoms with Gasteiger partial charge in [0.05, 0.1) is 10.5 Å². The number of carbonyl (C=O) groups excluding carboxylic acids is 2. The Hall–Kier alpha value is -2.99. The van der Waals surface area contributed by atoms with Crippen molar-refractivity contribution in [3.63, 3.8) is 0 Å². The summed E-state index contributed by atoms with van der Waals surface area (Å²) in [6, 6.07) is 7.73. The number of nitrogens with one attached hydrogen (secondary N) is 2. The van der Waals surface area contributed by atoms with Gasteiger partial charge in [0, 0.05) is 43.9 Å². The predicted octanol–water partition coefficient (Wildman–Crippen LogP) is 2.76. The van der Waals surface area contributed by atoms with E-state index in [9.17, 15) is 31.2 Å². The quantitative estimate of drug-likeness (QED) is 0.542. The first-order valence-corrected chi connectivity index (χ1v) is 12.1. The average Bonchev–Trinajstić information content (AvgIpc) is 2.79. The molecule has 1 aliphatic heterocycles. The van der Waals surface area contributed by atoms with Crippen molar-refractivity contribution in [2.24, 2.45) is 0 Å². The van der Waals surface area contributed by atoms with E-state index >= 15 is 0 Å². The first-order chi connectivity index (χ1) is 16.0. The van der Waals surface area contributed by atoms with Gasteiger partial charge in [-0.2, -0.15) is 13.2 Å². The number of Topliss-reactive ketones (excluding diaryl/α,β-unsaturated/α-hetero) is 1. The monoisotopic (exact) mass is 498 g/mol. The van der Waals surface area contributed by atoms with Gasteiger partial charge in [-0.1, -0.05) is 12.1 Å². The molecular formula is C22H25F3N4O4S. The van der Waals surface area contributed by atoms with E-state index in [2.05, 4.69) is 15.0 Å². The van der Waals surface area contributed by atoms with Crippen LogP contribution in [0.4, 0.5) is 19.0 Å². The zero-order chi connectivity index (χ0) is 24.9. The van der Waals surface area contributed by atoms with Crippen molar-refractivity contribution < 1.29 is 31.2 Å². The molecule has 0 unspecified atom stereocenters. The Kier molecular flexibility index (Phi) is 7.93. The zero-order valence-electron chi connectivity index (χ0n) is 18.4. The molecule has 12 heteroatoms. The Balaban J connectivity index is 1.41. The molecule has 184 valence electrons. The number of halogens is 3. The van der Waals surface area contributed by atoms with Gasteiger partial charge < -0.3 is 10.2 Å². The Bertz CT molecular complexity index is 1110. The van der Waals surface area contributed by atoms with Gasteiger partial charge in [0.1, 0.15) is 5.82 Å². The minimum atomic E-state index is -4.43. The summed E-state index contributed by atoms with van der Waals surface area (Å²) in [5, 5.41) is 2.86. The zero-order valence-corrected chi connectivity index (χ0v) is 19.2. The molecule has 0 aliphatic carbocycles. The van der Waals surface area contributed by atoms with E-state index in [1.165, 1.54) is 37.3 Å². The van der Waals surface area contributed by atoms with E-state index in [-0.39, 0.29) is 35.6 Å². The number of pyridine rings is 1. The van der Waals surface area contributed by atoms with Crippen LogP contribution in [0.2, 0.25) is 0 Å². The third kappa shape index (κ3) is 6.76. The largest absolute Gasteiger partial charge is 0.417 e. The van der Waals surface area contributed by atoms with E-state index < -0.39 is 21.8 Å². The molecule has 0 atom stereocenters. The minimum absolute atomic E-state index is 0.00200. The molecule has 0 radical (unpaired) electrons. The van der Waals surface area contributed by atoms with Crippen molar-refractivity contribution >= 4 is 27.5 Å². The molecular weight excluding hydrogens is 473 g/mol. The van der Waals surface area contributed by atoms with Crippen molar-refractivity contribution in [1.82, 2.24) is 15.0 Å². The number of hydrogen-bond acceptors (Lipinski definition) is 6. The lowest BCUT2D eigenvalue weighted by Crippen LogP contribution is -2.45. The van der Waals surface area contributed by atoms with Gasteiger partial charge in [-0.05, 0) is 44.0 Å². The van der Waals surface area contributed by atoms with E-state index in [1.807, 2.05) is 4.90 Å². The highest BCUT2D eigenvalue weighted by Gasteiger charge is 2.31. The van der Waals surface area contributed by atoms with Gasteiger partial charge >= 0.3 is 6.18 Å². The second kappa shape index (κ2) is 10.5. The molecule has 2 aromatic rings. The van der Waals surface area contributed by atoms with Crippen LogP contribution in [0, 0.1) is 0 Å². The number of piperidine rings is 1. The highest BCUT2D eigenvalue weighted by molar-refractivity contribution is 7.89. The minimum Gasteiger partial charge on any atom is -0.356 e. The predicted molar refractivity (Wildman–Crippen MR) is 119 cm³/mol. The van der Waals surface area contributed by atoms with Crippen LogP contribution in [-0.2, 0) is 21.0 Å². The molecule has 0 bridgehead atoms. The highest BCUT2D eigenvalue weighted by Crippen LogP contribution is 2.29. The van der Waals surface area contributed by atoms with Crippen LogP contribution in [-0.4, -0.2) is 50.8 Å². The molecule has 2 N–H and O–H groups in total. The van der Waals surface area contributed by atoms with Crippen LogP contribution in [0.5, 0.6) is 0 Å². The fourth-order valence-electron chi connectivity index (χ4n) is 3.54. The first-order valence-electron chi connectivity index (χ1n) is 10.6. The van der Waals surface area contributed by atoms with Crippen molar-refractivity contribution in [2.75, 3.05) is 24.5 Å². The maximum atomic E-state index is 12.7. The number of anilines is 1. The van der Waals surface area contributed by atoms with Crippen LogP contribution in [0.3, 0.4) is 0 Å². The SMILES string of the molecule is CC(=O)c1ccc(S(=O)(=O)NCCC(=O)NC2CCN(c3ccc(C(F)(F)F)cn3)CC2)cc1. The lowest BCUT2D eigenvalue weighted by molar-refractivity contribution is -0.137. The third-order valence-electron chi connectivity index (χ3n) is 5.47. The average molecular weight is 499 g/mol. The molecule has 1 aromatic heterocycles. The number of sulfonamides is 1. The molecule has 0 saturated carbocycles. The Labute approximate surface area is 195 Å². The molecule has 1 aromatic carbocycles. The van der Waals surface area contributed by atoms with Gasteiger partial charge in [-0.15, -0.1) is 0 Å². The van der Waals surface area contributed by atoms with Gasteiger partial charge in [-0.3, -0.25) is 9.59 Å². The number of nitrogens with zero attached hydrogens (tertiary/aromatic N) is 2. The van der Waals surface area contributed by atoms with Gasteiger partial charge in [0.15, 0.2) is 5.78 Å². The van der Waals surface area contributed by atoms with Crippen LogP contribution in [0.25, 0.3) is 0 Å². The lowest BCUT2D eigenvalue weighted by Gasteiger charge is -2.33. The summed E-state index contributed by atoms with van der Waals surface area (Å²) >= 11 is 0. The fourth-order valence-corrected chi connectivity index (χ4v) is 4.58. The number of carbonyl (C=O) groups is 2. The topological polar surface area (TPSA) is 108 Å². The smallest absolute Gasteiger partial charge is 0.356 e. The number of aromatic nitrogens is 1.